The molecule has 2 aliphatic rings. The first-order valence-electron chi connectivity index (χ1n) is 9.43. The van der Waals surface area contributed by atoms with Crippen LogP contribution in [0.2, 0.25) is 0 Å². The van der Waals surface area contributed by atoms with Gasteiger partial charge in [0, 0.05) is 23.2 Å². The van der Waals surface area contributed by atoms with Gasteiger partial charge in [-0.15, -0.1) is 11.3 Å². The molecule has 2 aromatic heterocycles. The van der Waals surface area contributed by atoms with Gasteiger partial charge in [0.25, 0.3) is 5.91 Å². The Morgan fingerprint density at radius 1 is 1.11 bits per heavy atom. The summed E-state index contributed by atoms with van der Waals surface area (Å²) in [6.45, 7) is 1.90. The normalized spacial score (nSPS) is 24.5. The summed E-state index contributed by atoms with van der Waals surface area (Å²) in [4.78, 5) is 24.2. The number of thiophene rings is 1. The zero-order valence-corrected chi connectivity index (χ0v) is 15.9. The SMILES string of the molecule is Cc1nc(-c2ccc(C(=O)N3[C@@H]4CC[C@H]3CC(O)C4)cc2)c2sccc2n1. The molecule has 5 rings (SSSR count). The summed E-state index contributed by atoms with van der Waals surface area (Å²) < 4.78 is 1.07. The van der Waals surface area contributed by atoms with E-state index >= 15 is 0 Å². The number of benzene rings is 1. The molecule has 1 unspecified atom stereocenters. The van der Waals surface area contributed by atoms with Crippen molar-refractivity contribution in [3.05, 3.63) is 47.1 Å². The van der Waals surface area contributed by atoms with Crippen molar-refractivity contribution in [2.45, 2.75) is 50.8 Å². The number of carbonyl (C=O) groups is 1. The molecular weight excluding hydrogens is 358 g/mol. The Hall–Kier alpha value is -2.31. The van der Waals surface area contributed by atoms with E-state index < -0.39 is 0 Å². The van der Waals surface area contributed by atoms with Gasteiger partial charge in [0.15, 0.2) is 0 Å². The van der Waals surface area contributed by atoms with Crippen molar-refractivity contribution in [2.75, 3.05) is 0 Å². The third kappa shape index (κ3) is 2.84. The van der Waals surface area contributed by atoms with E-state index in [1.165, 1.54) is 0 Å². The molecule has 0 saturated carbocycles. The zero-order valence-electron chi connectivity index (χ0n) is 15.1. The molecule has 5 nitrogen and oxygen atoms in total. The third-order valence-corrected chi connectivity index (χ3v) is 6.67. The summed E-state index contributed by atoms with van der Waals surface area (Å²) in [5.74, 6) is 0.834. The molecule has 3 atom stereocenters. The van der Waals surface area contributed by atoms with Crippen LogP contribution in [0.15, 0.2) is 35.7 Å². The van der Waals surface area contributed by atoms with Crippen LogP contribution >= 0.6 is 11.3 Å². The highest BCUT2D eigenvalue weighted by atomic mass is 32.1. The molecule has 2 fully saturated rings. The Balaban J connectivity index is 1.45. The van der Waals surface area contributed by atoms with Crippen LogP contribution in [0.3, 0.4) is 0 Å². The van der Waals surface area contributed by atoms with E-state index in [0.717, 1.165) is 40.1 Å². The van der Waals surface area contributed by atoms with Gasteiger partial charge in [-0.3, -0.25) is 4.79 Å². The predicted octanol–water partition coefficient (Wildman–Crippen LogP) is 3.79. The van der Waals surface area contributed by atoms with Crippen molar-refractivity contribution < 1.29 is 9.90 Å². The van der Waals surface area contributed by atoms with Crippen molar-refractivity contribution in [3.63, 3.8) is 0 Å². The molecule has 2 aliphatic heterocycles. The van der Waals surface area contributed by atoms with Crippen LogP contribution in [0.25, 0.3) is 21.5 Å². The first-order valence-corrected chi connectivity index (χ1v) is 10.3. The summed E-state index contributed by atoms with van der Waals surface area (Å²) in [5, 5.41) is 12.0. The van der Waals surface area contributed by atoms with Crippen LogP contribution < -0.4 is 0 Å². The van der Waals surface area contributed by atoms with Crippen molar-refractivity contribution in [1.29, 1.82) is 0 Å². The molecule has 2 saturated heterocycles. The van der Waals surface area contributed by atoms with E-state index in [-0.39, 0.29) is 24.1 Å². The van der Waals surface area contributed by atoms with Crippen LogP contribution in [0, 0.1) is 6.92 Å². The van der Waals surface area contributed by atoms with Crippen molar-refractivity contribution in [2.24, 2.45) is 0 Å². The Kier molecular flexibility index (Phi) is 3.98. The number of rotatable bonds is 2. The number of aryl methyl sites for hydroxylation is 1. The Morgan fingerprint density at radius 2 is 1.81 bits per heavy atom. The Morgan fingerprint density at radius 3 is 2.52 bits per heavy atom. The number of nitrogens with zero attached hydrogens (tertiary/aromatic N) is 3. The van der Waals surface area contributed by atoms with Crippen LogP contribution in [-0.4, -0.2) is 44.1 Å². The Bertz CT molecular complexity index is 1000. The van der Waals surface area contributed by atoms with Crippen molar-refractivity contribution in [3.8, 4) is 11.3 Å². The Labute approximate surface area is 161 Å². The van der Waals surface area contributed by atoms with Gasteiger partial charge in [-0.2, -0.15) is 0 Å². The smallest absolute Gasteiger partial charge is 0.254 e. The topological polar surface area (TPSA) is 66.3 Å². The van der Waals surface area contributed by atoms with Gasteiger partial charge in [-0.1, -0.05) is 12.1 Å². The van der Waals surface area contributed by atoms with Crippen LogP contribution in [0.1, 0.15) is 41.9 Å². The fraction of sp³-hybridized carbons (Fsp3) is 0.381. The molecule has 4 heterocycles. The molecule has 0 aliphatic carbocycles. The average molecular weight is 379 g/mol. The van der Waals surface area contributed by atoms with Crippen molar-refractivity contribution >= 4 is 27.5 Å². The summed E-state index contributed by atoms with van der Waals surface area (Å²) in [7, 11) is 0. The lowest BCUT2D eigenvalue weighted by molar-refractivity contribution is 0.0287. The lowest BCUT2D eigenvalue weighted by atomic mass is 9.98. The van der Waals surface area contributed by atoms with Crippen LogP contribution in [-0.2, 0) is 0 Å². The van der Waals surface area contributed by atoms with E-state index in [2.05, 4.69) is 9.97 Å². The monoisotopic (exact) mass is 379 g/mol. The lowest BCUT2D eigenvalue weighted by Crippen LogP contribution is -2.47. The minimum atomic E-state index is -0.261. The van der Waals surface area contributed by atoms with Gasteiger partial charge >= 0.3 is 0 Å². The van der Waals surface area contributed by atoms with Crippen LogP contribution in [0.4, 0.5) is 0 Å². The number of amides is 1. The number of hydrogen-bond donors (Lipinski definition) is 1. The molecule has 3 aromatic rings. The summed E-state index contributed by atoms with van der Waals surface area (Å²) >= 11 is 1.64. The van der Waals surface area contributed by atoms with Crippen LogP contribution in [0.5, 0.6) is 0 Å². The molecule has 0 spiro atoms. The van der Waals surface area contributed by atoms with Gasteiger partial charge in [0.1, 0.15) is 5.82 Å². The van der Waals surface area contributed by atoms with Gasteiger partial charge in [-0.05, 0) is 56.2 Å². The van der Waals surface area contributed by atoms with Crippen molar-refractivity contribution in [1.82, 2.24) is 14.9 Å². The number of aromatic nitrogens is 2. The van der Waals surface area contributed by atoms with E-state index in [1.807, 2.05) is 47.5 Å². The molecule has 1 N–H and O–H groups in total. The first-order chi connectivity index (χ1) is 13.1. The second kappa shape index (κ2) is 6.39. The number of hydrogen-bond acceptors (Lipinski definition) is 5. The summed E-state index contributed by atoms with van der Waals surface area (Å²) in [6, 6.07) is 10.1. The third-order valence-electron chi connectivity index (χ3n) is 5.76. The molecule has 2 bridgehead atoms. The number of piperidine rings is 1. The standard InChI is InChI=1S/C21H21N3O2S/c1-12-22-18-8-9-27-20(18)19(23-12)13-2-4-14(5-3-13)21(26)24-15-6-7-16(24)11-17(25)10-15/h2-5,8-9,15-17,25H,6-7,10-11H2,1H3/t15-,16+,17?. The highest BCUT2D eigenvalue weighted by Gasteiger charge is 2.42. The quantitative estimate of drug-likeness (QED) is 0.736. The molecule has 1 amide bonds. The molecule has 27 heavy (non-hydrogen) atoms. The van der Waals surface area contributed by atoms with Gasteiger partial charge in [0.2, 0.25) is 0 Å². The first kappa shape index (κ1) is 16.8. The number of carbonyl (C=O) groups excluding carboxylic acids is 1. The van der Waals surface area contributed by atoms with E-state index in [1.54, 1.807) is 11.3 Å². The maximum Gasteiger partial charge on any atom is 0.254 e. The summed E-state index contributed by atoms with van der Waals surface area (Å²) in [5.41, 5.74) is 3.60. The van der Waals surface area contributed by atoms with Gasteiger partial charge in [-0.25, -0.2) is 9.97 Å². The van der Waals surface area contributed by atoms with E-state index in [4.69, 9.17) is 0 Å². The fourth-order valence-corrected chi connectivity index (χ4v) is 5.42. The minimum Gasteiger partial charge on any atom is -0.393 e. The highest BCUT2D eigenvalue weighted by molar-refractivity contribution is 7.17. The molecule has 138 valence electrons. The number of aliphatic hydroxyl groups excluding tert-OH is 1. The molecule has 6 heteroatoms. The average Bonchev–Trinajstić information content (AvgIpc) is 3.23. The second-order valence-corrected chi connectivity index (χ2v) is 8.47. The second-order valence-electron chi connectivity index (χ2n) is 7.55. The number of aliphatic hydroxyl groups is 1. The lowest BCUT2D eigenvalue weighted by Gasteiger charge is -2.37. The summed E-state index contributed by atoms with van der Waals surface area (Å²) in [6.07, 6.45) is 3.15. The molecular formula is C21H21N3O2S. The highest BCUT2D eigenvalue weighted by Crippen LogP contribution is 2.37. The molecule has 1 aromatic carbocycles. The van der Waals surface area contributed by atoms with E-state index in [0.29, 0.717) is 18.4 Å². The van der Waals surface area contributed by atoms with Gasteiger partial charge < -0.3 is 10.0 Å². The zero-order chi connectivity index (χ0) is 18.5. The van der Waals surface area contributed by atoms with E-state index in [9.17, 15) is 9.90 Å². The minimum absolute atomic E-state index is 0.0843. The molecule has 0 radical (unpaired) electrons. The fourth-order valence-electron chi connectivity index (χ4n) is 4.57. The largest absolute Gasteiger partial charge is 0.393 e. The predicted molar refractivity (Wildman–Crippen MR) is 106 cm³/mol. The number of fused-ring (bicyclic) bond motifs is 3. The maximum absolute atomic E-state index is 13.1. The van der Waals surface area contributed by atoms with Gasteiger partial charge in [0.05, 0.1) is 22.0 Å². The maximum atomic E-state index is 13.1.